The number of halogens is 1. The molecule has 0 unspecified atom stereocenters. The standard InChI is InChI=1S/C21H20ClN5O/c22-16-4-6-17(7-5-16)25-18-8-9-19(24-15-18)21(28)27-13-11-26(12-14-27)20-3-1-2-10-23-20/h1-10,15,25H,11-14H2. The monoisotopic (exact) mass is 393 g/mol. The maximum Gasteiger partial charge on any atom is 0.272 e. The van der Waals surface area contributed by atoms with Crippen LogP contribution in [-0.2, 0) is 0 Å². The lowest BCUT2D eigenvalue weighted by molar-refractivity contribution is 0.0740. The number of hydrogen-bond acceptors (Lipinski definition) is 5. The molecule has 0 radical (unpaired) electrons. The summed E-state index contributed by atoms with van der Waals surface area (Å²) in [5.41, 5.74) is 2.18. The quantitative estimate of drug-likeness (QED) is 0.729. The van der Waals surface area contributed by atoms with Crippen LogP contribution in [0.3, 0.4) is 0 Å². The number of pyridine rings is 2. The molecule has 1 aliphatic rings. The Labute approximate surface area is 168 Å². The van der Waals surface area contributed by atoms with E-state index in [0.29, 0.717) is 23.8 Å². The lowest BCUT2D eigenvalue weighted by Gasteiger charge is -2.35. The van der Waals surface area contributed by atoms with Gasteiger partial charge >= 0.3 is 0 Å². The van der Waals surface area contributed by atoms with Crippen LogP contribution >= 0.6 is 11.6 Å². The first-order valence-electron chi connectivity index (χ1n) is 9.13. The molecule has 0 bridgehead atoms. The van der Waals surface area contributed by atoms with Crippen LogP contribution in [0.5, 0.6) is 0 Å². The third-order valence-electron chi connectivity index (χ3n) is 4.66. The summed E-state index contributed by atoms with van der Waals surface area (Å²) in [6.45, 7) is 2.83. The van der Waals surface area contributed by atoms with Crippen molar-refractivity contribution >= 4 is 34.7 Å². The second-order valence-electron chi connectivity index (χ2n) is 6.53. The van der Waals surface area contributed by atoms with Gasteiger partial charge in [-0.2, -0.15) is 0 Å². The zero-order valence-corrected chi connectivity index (χ0v) is 16.0. The zero-order valence-electron chi connectivity index (χ0n) is 15.3. The topological polar surface area (TPSA) is 61.4 Å². The van der Waals surface area contributed by atoms with Crippen molar-refractivity contribution in [3.05, 3.63) is 77.7 Å². The van der Waals surface area contributed by atoms with Crippen LogP contribution in [0.1, 0.15) is 10.5 Å². The fourth-order valence-corrected chi connectivity index (χ4v) is 3.26. The number of carbonyl (C=O) groups excluding carboxylic acids is 1. The summed E-state index contributed by atoms with van der Waals surface area (Å²) in [6, 6.07) is 16.9. The van der Waals surface area contributed by atoms with Crippen molar-refractivity contribution in [2.75, 3.05) is 36.4 Å². The SMILES string of the molecule is O=C(c1ccc(Nc2ccc(Cl)cc2)cn1)N1CCN(c2ccccn2)CC1. The van der Waals surface area contributed by atoms with E-state index in [-0.39, 0.29) is 5.91 Å². The molecular formula is C21H20ClN5O. The highest BCUT2D eigenvalue weighted by Crippen LogP contribution is 2.19. The number of nitrogens with zero attached hydrogens (tertiary/aromatic N) is 4. The van der Waals surface area contributed by atoms with Crippen molar-refractivity contribution in [1.82, 2.24) is 14.9 Å². The van der Waals surface area contributed by atoms with Crippen molar-refractivity contribution in [3.8, 4) is 0 Å². The molecule has 0 saturated carbocycles. The van der Waals surface area contributed by atoms with E-state index in [9.17, 15) is 4.79 Å². The van der Waals surface area contributed by atoms with E-state index in [1.165, 1.54) is 0 Å². The van der Waals surface area contributed by atoms with Crippen molar-refractivity contribution in [2.45, 2.75) is 0 Å². The van der Waals surface area contributed by atoms with Gasteiger partial charge in [0.15, 0.2) is 0 Å². The van der Waals surface area contributed by atoms with Gasteiger partial charge < -0.3 is 15.1 Å². The number of piperazine rings is 1. The summed E-state index contributed by atoms with van der Waals surface area (Å²) in [5, 5.41) is 3.93. The number of rotatable bonds is 4. The summed E-state index contributed by atoms with van der Waals surface area (Å²) in [7, 11) is 0. The van der Waals surface area contributed by atoms with Gasteiger partial charge in [-0.15, -0.1) is 0 Å². The van der Waals surface area contributed by atoms with Gasteiger partial charge in [-0.25, -0.2) is 9.97 Å². The van der Waals surface area contributed by atoms with E-state index >= 15 is 0 Å². The van der Waals surface area contributed by atoms with Crippen LogP contribution in [-0.4, -0.2) is 47.0 Å². The molecule has 1 saturated heterocycles. The highest BCUT2D eigenvalue weighted by atomic mass is 35.5. The van der Waals surface area contributed by atoms with Crippen LogP contribution in [0, 0.1) is 0 Å². The Morgan fingerprint density at radius 3 is 2.29 bits per heavy atom. The van der Waals surface area contributed by atoms with E-state index < -0.39 is 0 Å². The molecule has 2 aromatic heterocycles. The van der Waals surface area contributed by atoms with Crippen molar-refractivity contribution < 1.29 is 4.79 Å². The predicted molar refractivity (Wildman–Crippen MR) is 111 cm³/mol. The molecule has 4 rings (SSSR count). The third-order valence-corrected chi connectivity index (χ3v) is 4.91. The molecule has 3 heterocycles. The number of aromatic nitrogens is 2. The summed E-state index contributed by atoms with van der Waals surface area (Å²) in [6.07, 6.45) is 3.46. The second-order valence-corrected chi connectivity index (χ2v) is 6.97. The number of anilines is 3. The van der Waals surface area contributed by atoms with Crippen molar-refractivity contribution in [2.24, 2.45) is 0 Å². The maximum atomic E-state index is 12.7. The summed E-state index contributed by atoms with van der Waals surface area (Å²) in [4.78, 5) is 25.5. The smallest absolute Gasteiger partial charge is 0.272 e. The number of nitrogens with one attached hydrogen (secondary N) is 1. The molecule has 0 spiro atoms. The molecule has 28 heavy (non-hydrogen) atoms. The van der Waals surface area contributed by atoms with E-state index in [0.717, 1.165) is 30.3 Å². The first-order chi connectivity index (χ1) is 13.7. The summed E-state index contributed by atoms with van der Waals surface area (Å²) >= 11 is 5.90. The molecule has 1 aromatic carbocycles. The Balaban J connectivity index is 1.35. The molecule has 1 fully saturated rings. The third kappa shape index (κ3) is 4.23. The highest BCUT2D eigenvalue weighted by molar-refractivity contribution is 6.30. The Kier molecular flexibility index (Phi) is 5.39. The minimum absolute atomic E-state index is 0.0429. The minimum atomic E-state index is -0.0429. The number of hydrogen-bond donors (Lipinski definition) is 1. The number of benzene rings is 1. The molecule has 142 valence electrons. The summed E-state index contributed by atoms with van der Waals surface area (Å²) < 4.78 is 0. The van der Waals surface area contributed by atoms with Crippen LogP contribution in [0.4, 0.5) is 17.2 Å². The van der Waals surface area contributed by atoms with E-state index in [1.54, 1.807) is 18.5 Å². The molecular weight excluding hydrogens is 374 g/mol. The molecule has 1 aliphatic heterocycles. The molecule has 0 aliphatic carbocycles. The lowest BCUT2D eigenvalue weighted by atomic mass is 10.2. The Morgan fingerprint density at radius 2 is 1.64 bits per heavy atom. The minimum Gasteiger partial charge on any atom is -0.354 e. The number of carbonyl (C=O) groups is 1. The van der Waals surface area contributed by atoms with Gasteiger partial charge in [0.2, 0.25) is 0 Å². The van der Waals surface area contributed by atoms with Crippen molar-refractivity contribution in [1.29, 1.82) is 0 Å². The fourth-order valence-electron chi connectivity index (χ4n) is 3.14. The Bertz CT molecular complexity index is 923. The van der Waals surface area contributed by atoms with Crippen LogP contribution < -0.4 is 10.2 Å². The lowest BCUT2D eigenvalue weighted by Crippen LogP contribution is -2.49. The Morgan fingerprint density at radius 1 is 0.893 bits per heavy atom. The highest BCUT2D eigenvalue weighted by Gasteiger charge is 2.23. The molecule has 1 N–H and O–H groups in total. The van der Waals surface area contributed by atoms with Gasteiger partial charge in [0, 0.05) is 43.1 Å². The molecule has 1 amide bonds. The largest absolute Gasteiger partial charge is 0.354 e. The normalized spacial score (nSPS) is 14.0. The summed E-state index contributed by atoms with van der Waals surface area (Å²) in [5.74, 6) is 0.907. The van der Waals surface area contributed by atoms with Gasteiger partial charge in [-0.1, -0.05) is 17.7 Å². The first-order valence-corrected chi connectivity index (χ1v) is 9.51. The molecule has 3 aromatic rings. The van der Waals surface area contributed by atoms with Crippen LogP contribution in [0.15, 0.2) is 67.0 Å². The average molecular weight is 394 g/mol. The fraction of sp³-hybridized carbons (Fsp3) is 0.190. The second kappa shape index (κ2) is 8.27. The molecule has 6 nitrogen and oxygen atoms in total. The maximum absolute atomic E-state index is 12.7. The Hall–Kier alpha value is -3.12. The van der Waals surface area contributed by atoms with E-state index in [1.807, 2.05) is 53.4 Å². The molecule has 0 atom stereocenters. The van der Waals surface area contributed by atoms with Gasteiger partial charge in [0.25, 0.3) is 5.91 Å². The van der Waals surface area contributed by atoms with Crippen LogP contribution in [0.2, 0.25) is 5.02 Å². The van der Waals surface area contributed by atoms with E-state index in [2.05, 4.69) is 20.2 Å². The first kappa shape index (κ1) is 18.3. The van der Waals surface area contributed by atoms with Gasteiger partial charge in [-0.3, -0.25) is 4.79 Å². The van der Waals surface area contributed by atoms with Gasteiger partial charge in [0.1, 0.15) is 11.5 Å². The van der Waals surface area contributed by atoms with Crippen LogP contribution in [0.25, 0.3) is 0 Å². The molecule has 7 heteroatoms. The van der Waals surface area contributed by atoms with E-state index in [4.69, 9.17) is 11.6 Å². The van der Waals surface area contributed by atoms with Gasteiger partial charge in [0.05, 0.1) is 11.9 Å². The predicted octanol–water partition coefficient (Wildman–Crippen LogP) is 3.84. The zero-order chi connectivity index (χ0) is 19.3. The average Bonchev–Trinajstić information content (AvgIpc) is 2.76. The van der Waals surface area contributed by atoms with Crippen molar-refractivity contribution in [3.63, 3.8) is 0 Å². The number of amides is 1. The van der Waals surface area contributed by atoms with Gasteiger partial charge in [-0.05, 0) is 48.5 Å².